The van der Waals surface area contributed by atoms with Crippen LogP contribution in [0.25, 0.3) is 0 Å². The van der Waals surface area contributed by atoms with Crippen LogP contribution >= 0.6 is 0 Å². The van der Waals surface area contributed by atoms with Crippen molar-refractivity contribution in [2.24, 2.45) is 0 Å². The number of nitrogens with zero attached hydrogens (tertiary/aromatic N) is 6. The van der Waals surface area contributed by atoms with Crippen LogP contribution in [0, 0.1) is 0 Å². The van der Waals surface area contributed by atoms with Gasteiger partial charge in [-0.05, 0) is 6.92 Å². The van der Waals surface area contributed by atoms with Crippen LogP contribution in [0.4, 0.5) is 5.82 Å². The Hall–Kier alpha value is -2.51. The van der Waals surface area contributed by atoms with E-state index in [9.17, 15) is 4.79 Å². The maximum Gasteiger partial charge on any atom is 0.311 e. The van der Waals surface area contributed by atoms with E-state index >= 15 is 0 Å². The molecule has 1 fully saturated rings. The van der Waals surface area contributed by atoms with E-state index in [4.69, 9.17) is 4.42 Å². The standard InChI is InChI=1S/C16H22N6O2/c1-11-10-21(7-8-22(11)12-9-17-5-6-18-12)14(23)13-19-20-15(24-13)16(2,3)4/h5-6,9,11H,7-8,10H2,1-4H3. The van der Waals surface area contributed by atoms with E-state index in [1.165, 1.54) is 0 Å². The maximum absolute atomic E-state index is 12.6. The Bertz CT molecular complexity index is 709. The van der Waals surface area contributed by atoms with E-state index in [2.05, 4.69) is 32.0 Å². The first-order chi connectivity index (χ1) is 11.4. The lowest BCUT2D eigenvalue weighted by atomic mass is 9.97. The minimum absolute atomic E-state index is 0.0556. The minimum atomic E-state index is -0.274. The number of carbonyl (C=O) groups is 1. The molecule has 3 heterocycles. The molecule has 128 valence electrons. The van der Waals surface area contributed by atoms with Crippen molar-refractivity contribution >= 4 is 11.7 Å². The number of piperazine rings is 1. The van der Waals surface area contributed by atoms with Gasteiger partial charge in [0.2, 0.25) is 5.89 Å². The van der Waals surface area contributed by atoms with Crippen molar-refractivity contribution in [3.8, 4) is 0 Å². The highest BCUT2D eigenvalue weighted by Crippen LogP contribution is 2.22. The van der Waals surface area contributed by atoms with E-state index < -0.39 is 0 Å². The van der Waals surface area contributed by atoms with Gasteiger partial charge in [-0.2, -0.15) is 0 Å². The summed E-state index contributed by atoms with van der Waals surface area (Å²) in [6, 6.07) is 0.129. The third-order valence-corrected chi connectivity index (χ3v) is 4.01. The van der Waals surface area contributed by atoms with Crippen LogP contribution in [0.15, 0.2) is 23.0 Å². The molecule has 1 saturated heterocycles. The molecule has 1 atom stereocenters. The van der Waals surface area contributed by atoms with Crippen LogP contribution in [0.5, 0.6) is 0 Å². The van der Waals surface area contributed by atoms with Gasteiger partial charge in [-0.15, -0.1) is 10.2 Å². The lowest BCUT2D eigenvalue weighted by Crippen LogP contribution is -2.54. The number of anilines is 1. The molecule has 0 aromatic carbocycles. The normalized spacial score (nSPS) is 18.8. The summed E-state index contributed by atoms with van der Waals surface area (Å²) in [4.78, 5) is 24.9. The summed E-state index contributed by atoms with van der Waals surface area (Å²) < 4.78 is 5.56. The van der Waals surface area contributed by atoms with Gasteiger partial charge in [-0.3, -0.25) is 9.78 Å². The summed E-state index contributed by atoms with van der Waals surface area (Å²) in [5.41, 5.74) is -0.274. The van der Waals surface area contributed by atoms with Crippen LogP contribution in [0.2, 0.25) is 0 Å². The molecule has 1 aliphatic rings. The number of aromatic nitrogens is 4. The van der Waals surface area contributed by atoms with Crippen LogP contribution < -0.4 is 4.90 Å². The second-order valence-corrected chi connectivity index (χ2v) is 7.02. The van der Waals surface area contributed by atoms with Gasteiger partial charge in [0.05, 0.1) is 6.20 Å². The van der Waals surface area contributed by atoms with Crippen LogP contribution in [0.1, 0.15) is 44.3 Å². The second-order valence-electron chi connectivity index (χ2n) is 7.02. The van der Waals surface area contributed by atoms with E-state index in [1.807, 2.05) is 20.8 Å². The SMILES string of the molecule is CC1CN(C(=O)c2nnc(C(C)(C)C)o2)CCN1c1cnccn1. The third kappa shape index (κ3) is 3.22. The first kappa shape index (κ1) is 16.4. The zero-order valence-electron chi connectivity index (χ0n) is 14.4. The molecule has 0 radical (unpaired) electrons. The molecule has 24 heavy (non-hydrogen) atoms. The number of rotatable bonds is 2. The summed E-state index contributed by atoms with van der Waals surface area (Å²) in [6.45, 7) is 9.80. The molecule has 1 amide bonds. The molecule has 2 aromatic rings. The lowest BCUT2D eigenvalue weighted by Gasteiger charge is -2.39. The topological polar surface area (TPSA) is 88.3 Å². The maximum atomic E-state index is 12.6. The summed E-state index contributed by atoms with van der Waals surface area (Å²) in [5, 5.41) is 7.91. The van der Waals surface area contributed by atoms with Crippen molar-refractivity contribution in [3.63, 3.8) is 0 Å². The molecule has 1 aliphatic heterocycles. The van der Waals surface area contributed by atoms with Crippen molar-refractivity contribution in [2.45, 2.75) is 39.2 Å². The molecular weight excluding hydrogens is 308 g/mol. The molecule has 0 N–H and O–H groups in total. The fraction of sp³-hybridized carbons (Fsp3) is 0.562. The highest BCUT2D eigenvalue weighted by molar-refractivity contribution is 5.89. The molecule has 3 rings (SSSR count). The predicted molar refractivity (Wildman–Crippen MR) is 87.7 cm³/mol. The molecule has 0 saturated carbocycles. The van der Waals surface area contributed by atoms with Gasteiger partial charge < -0.3 is 14.2 Å². The summed E-state index contributed by atoms with van der Waals surface area (Å²) in [5.74, 6) is 1.13. The molecule has 8 nitrogen and oxygen atoms in total. The van der Waals surface area contributed by atoms with Gasteiger partial charge in [0.1, 0.15) is 5.82 Å². The molecule has 1 unspecified atom stereocenters. The Kier molecular flexibility index (Phi) is 4.21. The molecule has 0 bridgehead atoms. The molecule has 0 aliphatic carbocycles. The summed E-state index contributed by atoms with van der Waals surface area (Å²) in [6.07, 6.45) is 5.06. The van der Waals surface area contributed by atoms with Gasteiger partial charge >= 0.3 is 11.8 Å². The van der Waals surface area contributed by atoms with E-state index in [0.29, 0.717) is 25.5 Å². The summed E-state index contributed by atoms with van der Waals surface area (Å²) >= 11 is 0. The highest BCUT2D eigenvalue weighted by Gasteiger charge is 2.31. The summed E-state index contributed by atoms with van der Waals surface area (Å²) in [7, 11) is 0. The fourth-order valence-electron chi connectivity index (χ4n) is 2.67. The second kappa shape index (κ2) is 6.18. The van der Waals surface area contributed by atoms with Crippen molar-refractivity contribution in [2.75, 3.05) is 24.5 Å². The number of carbonyl (C=O) groups excluding carboxylic acids is 1. The quantitative estimate of drug-likeness (QED) is 0.824. The number of amides is 1. The molecule has 0 spiro atoms. The Labute approximate surface area is 140 Å². The van der Waals surface area contributed by atoms with Gasteiger partial charge in [0.15, 0.2) is 0 Å². The predicted octanol–water partition coefficient (Wildman–Crippen LogP) is 1.51. The van der Waals surface area contributed by atoms with E-state index in [1.54, 1.807) is 23.5 Å². The van der Waals surface area contributed by atoms with Gasteiger partial charge in [-0.1, -0.05) is 20.8 Å². The van der Waals surface area contributed by atoms with Crippen LogP contribution in [0.3, 0.4) is 0 Å². The Balaban J connectivity index is 1.69. The lowest BCUT2D eigenvalue weighted by molar-refractivity contribution is 0.0682. The first-order valence-electron chi connectivity index (χ1n) is 8.02. The van der Waals surface area contributed by atoms with Crippen molar-refractivity contribution in [3.05, 3.63) is 30.4 Å². The Morgan fingerprint density at radius 1 is 1.25 bits per heavy atom. The van der Waals surface area contributed by atoms with Gasteiger partial charge in [0, 0.05) is 43.5 Å². The van der Waals surface area contributed by atoms with Crippen molar-refractivity contribution in [1.82, 2.24) is 25.1 Å². The Morgan fingerprint density at radius 2 is 2.04 bits per heavy atom. The monoisotopic (exact) mass is 330 g/mol. The van der Waals surface area contributed by atoms with Crippen molar-refractivity contribution in [1.29, 1.82) is 0 Å². The average molecular weight is 330 g/mol. The fourth-order valence-corrected chi connectivity index (χ4v) is 2.67. The zero-order chi connectivity index (χ0) is 17.3. The van der Waals surface area contributed by atoms with Crippen molar-refractivity contribution < 1.29 is 9.21 Å². The largest absolute Gasteiger partial charge is 0.416 e. The minimum Gasteiger partial charge on any atom is -0.416 e. The third-order valence-electron chi connectivity index (χ3n) is 4.01. The highest BCUT2D eigenvalue weighted by atomic mass is 16.4. The molecular formula is C16H22N6O2. The van der Waals surface area contributed by atoms with Gasteiger partial charge in [-0.25, -0.2) is 4.98 Å². The van der Waals surface area contributed by atoms with E-state index in [0.717, 1.165) is 5.82 Å². The van der Waals surface area contributed by atoms with Gasteiger partial charge in [0.25, 0.3) is 0 Å². The smallest absolute Gasteiger partial charge is 0.311 e. The first-order valence-corrected chi connectivity index (χ1v) is 8.02. The number of hydrogen-bond acceptors (Lipinski definition) is 7. The average Bonchev–Trinajstić information content (AvgIpc) is 3.05. The number of hydrogen-bond donors (Lipinski definition) is 0. The van der Waals surface area contributed by atoms with Crippen LogP contribution in [-0.4, -0.2) is 56.6 Å². The Morgan fingerprint density at radius 3 is 2.62 bits per heavy atom. The van der Waals surface area contributed by atoms with Crippen LogP contribution in [-0.2, 0) is 5.41 Å². The zero-order valence-corrected chi connectivity index (χ0v) is 14.4. The molecule has 2 aromatic heterocycles. The molecule has 8 heteroatoms. The van der Waals surface area contributed by atoms with E-state index in [-0.39, 0.29) is 23.3 Å².